The first-order valence-corrected chi connectivity index (χ1v) is 7.81. The highest BCUT2D eigenvalue weighted by Gasteiger charge is 2.32. The van der Waals surface area contributed by atoms with E-state index >= 15 is 0 Å². The van der Waals surface area contributed by atoms with Crippen molar-refractivity contribution < 1.29 is 17.7 Å². The molecule has 1 aromatic carbocycles. The van der Waals surface area contributed by atoms with Crippen molar-refractivity contribution in [1.29, 1.82) is 0 Å². The van der Waals surface area contributed by atoms with Crippen LogP contribution in [0.15, 0.2) is 23.1 Å². The minimum atomic E-state index is -3.95. The standard InChI is InChI=1S/C12H15FN2O4S/c13-10-5-6-12(11(9-10)15(16)17)20(18,19)14-7-3-1-2-4-8-14/h5-6,9H,1-4,7-8H2. The summed E-state index contributed by atoms with van der Waals surface area (Å²) in [4.78, 5) is 9.62. The van der Waals surface area contributed by atoms with E-state index in [1.54, 1.807) is 0 Å². The molecule has 0 aromatic heterocycles. The van der Waals surface area contributed by atoms with Gasteiger partial charge in [0.25, 0.3) is 5.69 Å². The van der Waals surface area contributed by atoms with Crippen LogP contribution in [0, 0.1) is 15.9 Å². The van der Waals surface area contributed by atoms with Crippen molar-refractivity contribution in [3.05, 3.63) is 34.1 Å². The van der Waals surface area contributed by atoms with Crippen LogP contribution in [0.1, 0.15) is 25.7 Å². The minimum Gasteiger partial charge on any atom is -0.258 e. The molecule has 0 bridgehead atoms. The first kappa shape index (κ1) is 14.9. The Hall–Kier alpha value is -1.54. The molecule has 6 nitrogen and oxygen atoms in total. The molecule has 1 aliphatic rings. The van der Waals surface area contributed by atoms with Gasteiger partial charge in [0, 0.05) is 13.1 Å². The maximum Gasteiger partial charge on any atom is 0.292 e. The highest BCUT2D eigenvalue weighted by atomic mass is 32.2. The first-order chi connectivity index (χ1) is 9.43. The van der Waals surface area contributed by atoms with Gasteiger partial charge in [-0.15, -0.1) is 0 Å². The summed E-state index contributed by atoms with van der Waals surface area (Å²) < 4.78 is 39.3. The number of nitrogens with zero attached hydrogens (tertiary/aromatic N) is 2. The molecule has 0 aliphatic carbocycles. The largest absolute Gasteiger partial charge is 0.292 e. The monoisotopic (exact) mass is 302 g/mol. The molecule has 20 heavy (non-hydrogen) atoms. The molecule has 1 fully saturated rings. The van der Waals surface area contributed by atoms with Crippen LogP contribution in [0.4, 0.5) is 10.1 Å². The third-order valence-electron chi connectivity index (χ3n) is 3.30. The second-order valence-corrected chi connectivity index (χ2v) is 6.59. The fourth-order valence-corrected chi connectivity index (χ4v) is 3.93. The van der Waals surface area contributed by atoms with E-state index in [1.807, 2.05) is 0 Å². The molecule has 110 valence electrons. The van der Waals surface area contributed by atoms with Gasteiger partial charge in [0.15, 0.2) is 4.90 Å². The lowest BCUT2D eigenvalue weighted by molar-refractivity contribution is -0.388. The summed E-state index contributed by atoms with van der Waals surface area (Å²) in [5.74, 6) is -0.827. The highest BCUT2D eigenvalue weighted by Crippen LogP contribution is 2.28. The predicted octanol–water partition coefficient (Wildman–Crippen LogP) is 2.30. The molecule has 0 amide bonds. The number of benzene rings is 1. The minimum absolute atomic E-state index is 0.344. The SMILES string of the molecule is O=[N+]([O-])c1cc(F)ccc1S(=O)(=O)N1CCCCCC1. The summed E-state index contributed by atoms with van der Waals surface area (Å²) >= 11 is 0. The van der Waals surface area contributed by atoms with Gasteiger partial charge in [0.2, 0.25) is 10.0 Å². The van der Waals surface area contributed by atoms with Gasteiger partial charge in [0.05, 0.1) is 11.0 Å². The second kappa shape index (κ2) is 5.84. The molecular weight excluding hydrogens is 287 g/mol. The van der Waals surface area contributed by atoms with E-state index in [-0.39, 0.29) is 0 Å². The van der Waals surface area contributed by atoms with E-state index in [1.165, 1.54) is 4.31 Å². The van der Waals surface area contributed by atoms with Crippen molar-refractivity contribution in [2.75, 3.05) is 13.1 Å². The molecule has 0 N–H and O–H groups in total. The topological polar surface area (TPSA) is 80.5 Å². The van der Waals surface area contributed by atoms with Gasteiger partial charge >= 0.3 is 0 Å². The molecule has 0 atom stereocenters. The normalized spacial score (nSPS) is 17.6. The first-order valence-electron chi connectivity index (χ1n) is 6.37. The Balaban J connectivity index is 2.45. The Bertz CT molecular complexity index is 610. The Morgan fingerprint density at radius 2 is 1.75 bits per heavy atom. The van der Waals surface area contributed by atoms with E-state index in [0.717, 1.165) is 37.8 Å². The van der Waals surface area contributed by atoms with E-state index < -0.39 is 31.3 Å². The van der Waals surface area contributed by atoms with Crippen LogP contribution in [0.5, 0.6) is 0 Å². The molecular formula is C12H15FN2O4S. The number of rotatable bonds is 3. The lowest BCUT2D eigenvalue weighted by Crippen LogP contribution is -2.32. The number of hydrogen-bond donors (Lipinski definition) is 0. The van der Waals surface area contributed by atoms with Crippen LogP contribution < -0.4 is 0 Å². The van der Waals surface area contributed by atoms with Crippen LogP contribution in [-0.2, 0) is 10.0 Å². The lowest BCUT2D eigenvalue weighted by Gasteiger charge is -2.19. The van der Waals surface area contributed by atoms with Gasteiger partial charge in [-0.25, -0.2) is 12.8 Å². The molecule has 8 heteroatoms. The van der Waals surface area contributed by atoms with E-state index in [2.05, 4.69) is 0 Å². The van der Waals surface area contributed by atoms with Gasteiger partial charge in [-0.3, -0.25) is 10.1 Å². The molecule has 0 radical (unpaired) electrons. The summed E-state index contributed by atoms with van der Waals surface area (Å²) in [5.41, 5.74) is -0.714. The Kier molecular flexibility index (Phi) is 4.34. The predicted molar refractivity (Wildman–Crippen MR) is 70.3 cm³/mol. The van der Waals surface area contributed by atoms with Crippen LogP contribution in [0.2, 0.25) is 0 Å². The maximum absolute atomic E-state index is 13.1. The fraction of sp³-hybridized carbons (Fsp3) is 0.500. The average Bonchev–Trinajstić information content (AvgIpc) is 2.67. The highest BCUT2D eigenvalue weighted by molar-refractivity contribution is 7.89. The van der Waals surface area contributed by atoms with Gasteiger partial charge < -0.3 is 0 Å². The van der Waals surface area contributed by atoms with E-state index in [9.17, 15) is 22.9 Å². The van der Waals surface area contributed by atoms with Crippen LogP contribution in [-0.4, -0.2) is 30.7 Å². The summed E-state index contributed by atoms with van der Waals surface area (Å²) in [6.07, 6.45) is 3.34. The zero-order chi connectivity index (χ0) is 14.8. The summed E-state index contributed by atoms with van der Waals surface area (Å²) in [6.45, 7) is 0.688. The van der Waals surface area contributed by atoms with Crippen molar-refractivity contribution >= 4 is 15.7 Å². The zero-order valence-electron chi connectivity index (χ0n) is 10.8. The smallest absolute Gasteiger partial charge is 0.258 e. The number of halogens is 1. The van der Waals surface area contributed by atoms with Gasteiger partial charge in [-0.1, -0.05) is 12.8 Å². The van der Waals surface area contributed by atoms with Crippen LogP contribution in [0.25, 0.3) is 0 Å². The van der Waals surface area contributed by atoms with Crippen LogP contribution >= 0.6 is 0 Å². The summed E-state index contributed by atoms with van der Waals surface area (Å²) in [6, 6.07) is 2.54. The number of hydrogen-bond acceptors (Lipinski definition) is 4. The third-order valence-corrected chi connectivity index (χ3v) is 5.25. The molecule has 0 saturated carbocycles. The number of sulfonamides is 1. The van der Waals surface area contributed by atoms with Crippen LogP contribution in [0.3, 0.4) is 0 Å². The van der Waals surface area contributed by atoms with Crippen molar-refractivity contribution in [1.82, 2.24) is 4.31 Å². The van der Waals surface area contributed by atoms with E-state index in [0.29, 0.717) is 19.2 Å². The Morgan fingerprint density at radius 1 is 1.15 bits per heavy atom. The zero-order valence-corrected chi connectivity index (χ0v) is 11.6. The Labute approximate surface area is 116 Å². The third kappa shape index (κ3) is 2.96. The Morgan fingerprint density at radius 3 is 2.30 bits per heavy atom. The molecule has 1 heterocycles. The fourth-order valence-electron chi connectivity index (χ4n) is 2.27. The molecule has 1 aliphatic heterocycles. The summed E-state index contributed by atoms with van der Waals surface area (Å²) in [7, 11) is -3.95. The second-order valence-electron chi connectivity index (χ2n) is 4.69. The molecule has 1 aromatic rings. The molecule has 1 saturated heterocycles. The lowest BCUT2D eigenvalue weighted by atomic mass is 10.2. The summed E-state index contributed by atoms with van der Waals surface area (Å²) in [5, 5.41) is 10.9. The molecule has 0 unspecified atom stereocenters. The quantitative estimate of drug-likeness (QED) is 0.634. The average molecular weight is 302 g/mol. The van der Waals surface area contributed by atoms with Crippen molar-refractivity contribution in [2.24, 2.45) is 0 Å². The van der Waals surface area contributed by atoms with Gasteiger partial charge in [-0.2, -0.15) is 4.31 Å². The molecule has 2 rings (SSSR count). The maximum atomic E-state index is 13.1. The van der Waals surface area contributed by atoms with Crippen molar-refractivity contribution in [3.8, 4) is 0 Å². The number of nitro groups is 1. The van der Waals surface area contributed by atoms with Crippen molar-refractivity contribution in [3.63, 3.8) is 0 Å². The van der Waals surface area contributed by atoms with Gasteiger partial charge in [-0.05, 0) is 25.0 Å². The van der Waals surface area contributed by atoms with Gasteiger partial charge in [0.1, 0.15) is 5.82 Å². The number of nitro benzene ring substituents is 1. The molecule has 0 spiro atoms. The van der Waals surface area contributed by atoms with E-state index in [4.69, 9.17) is 0 Å². The van der Waals surface area contributed by atoms with Crippen molar-refractivity contribution in [2.45, 2.75) is 30.6 Å².